The first-order chi connectivity index (χ1) is 9.24. The van der Waals surface area contributed by atoms with E-state index < -0.39 is 0 Å². The van der Waals surface area contributed by atoms with Crippen LogP contribution in [0, 0.1) is 0 Å². The van der Waals surface area contributed by atoms with Gasteiger partial charge in [-0.05, 0) is 30.4 Å². The molecule has 0 unspecified atom stereocenters. The summed E-state index contributed by atoms with van der Waals surface area (Å²) in [6, 6.07) is 4.05. The molecule has 1 aromatic carbocycles. The van der Waals surface area contributed by atoms with Gasteiger partial charge < -0.3 is 5.11 Å². The van der Waals surface area contributed by atoms with Crippen LogP contribution in [0.5, 0.6) is 5.75 Å². The summed E-state index contributed by atoms with van der Waals surface area (Å²) in [4.78, 5) is 0. The SMILES string of the molecule is CCCCCCc1c(CC)ccc(CN=N[Si])c1O. The molecule has 0 fully saturated rings. The van der Waals surface area contributed by atoms with Gasteiger partial charge in [0.05, 0.1) is 6.54 Å². The third kappa shape index (κ3) is 4.78. The van der Waals surface area contributed by atoms with E-state index in [4.69, 9.17) is 0 Å². The number of phenolic OH excluding ortho intramolecular Hbond substituents is 1. The highest BCUT2D eigenvalue weighted by Crippen LogP contribution is 2.29. The Morgan fingerprint density at radius 3 is 2.47 bits per heavy atom. The molecule has 0 aliphatic rings. The molecule has 1 N–H and O–H groups in total. The van der Waals surface area contributed by atoms with Gasteiger partial charge in [-0.1, -0.05) is 45.2 Å². The minimum Gasteiger partial charge on any atom is -0.507 e. The Balaban J connectivity index is 2.84. The van der Waals surface area contributed by atoms with Gasteiger partial charge in [0, 0.05) is 5.56 Å². The number of phenols is 1. The van der Waals surface area contributed by atoms with Crippen molar-refractivity contribution >= 4 is 10.4 Å². The van der Waals surface area contributed by atoms with Crippen molar-refractivity contribution in [2.24, 2.45) is 9.89 Å². The molecule has 0 aliphatic heterocycles. The van der Waals surface area contributed by atoms with E-state index in [2.05, 4.69) is 40.2 Å². The van der Waals surface area contributed by atoms with E-state index in [-0.39, 0.29) is 0 Å². The summed E-state index contributed by atoms with van der Waals surface area (Å²) >= 11 is 0. The lowest BCUT2D eigenvalue weighted by Crippen LogP contribution is -1.97. The van der Waals surface area contributed by atoms with E-state index >= 15 is 0 Å². The van der Waals surface area contributed by atoms with Crippen LogP contribution in [-0.4, -0.2) is 15.5 Å². The van der Waals surface area contributed by atoms with Crippen LogP contribution in [0.4, 0.5) is 0 Å². The number of aryl methyl sites for hydroxylation is 1. The highest BCUT2D eigenvalue weighted by molar-refractivity contribution is 6.04. The largest absolute Gasteiger partial charge is 0.507 e. The van der Waals surface area contributed by atoms with Crippen LogP contribution >= 0.6 is 0 Å². The minimum atomic E-state index is 0.412. The van der Waals surface area contributed by atoms with E-state index in [1.54, 1.807) is 0 Å². The quantitative estimate of drug-likeness (QED) is 0.433. The molecule has 4 heteroatoms. The molecule has 0 heterocycles. The molecule has 19 heavy (non-hydrogen) atoms. The van der Waals surface area contributed by atoms with E-state index in [1.165, 1.54) is 24.8 Å². The molecule has 1 rings (SSSR count). The number of aromatic hydroxyl groups is 1. The van der Waals surface area contributed by atoms with Gasteiger partial charge in [-0.3, -0.25) is 0 Å². The molecule has 0 amide bonds. The van der Waals surface area contributed by atoms with Gasteiger partial charge in [0.2, 0.25) is 0 Å². The lowest BCUT2D eigenvalue weighted by Gasteiger charge is -2.13. The summed E-state index contributed by atoms with van der Waals surface area (Å²) in [7, 11) is 2.96. The van der Waals surface area contributed by atoms with Crippen molar-refractivity contribution in [1.29, 1.82) is 0 Å². The molecular formula is C15H23N2OSi. The average molecular weight is 275 g/mol. The van der Waals surface area contributed by atoms with Gasteiger partial charge in [0.15, 0.2) is 0 Å². The van der Waals surface area contributed by atoms with Crippen LogP contribution in [0.15, 0.2) is 22.0 Å². The van der Waals surface area contributed by atoms with Gasteiger partial charge in [0.1, 0.15) is 5.75 Å². The first-order valence-electron chi connectivity index (χ1n) is 7.10. The molecule has 0 saturated carbocycles. The monoisotopic (exact) mass is 275 g/mol. The summed E-state index contributed by atoms with van der Waals surface area (Å²) in [5.41, 5.74) is 3.19. The zero-order chi connectivity index (χ0) is 14.1. The lowest BCUT2D eigenvalue weighted by atomic mass is 9.95. The molecule has 3 radical (unpaired) electrons. The fraction of sp³-hybridized carbons (Fsp3) is 0.600. The fourth-order valence-electron chi connectivity index (χ4n) is 2.30. The zero-order valence-electron chi connectivity index (χ0n) is 11.9. The maximum Gasteiger partial charge on any atom is 0.254 e. The third-order valence-corrected chi connectivity index (χ3v) is 3.58. The summed E-state index contributed by atoms with van der Waals surface area (Å²) in [6.45, 7) is 4.75. The summed E-state index contributed by atoms with van der Waals surface area (Å²) < 4.78 is 3.55. The number of benzene rings is 1. The normalized spacial score (nSPS) is 11.3. The topological polar surface area (TPSA) is 45.0 Å². The molecule has 0 aromatic heterocycles. The second kappa shape index (κ2) is 8.86. The van der Waals surface area contributed by atoms with Crippen molar-refractivity contribution in [1.82, 2.24) is 0 Å². The lowest BCUT2D eigenvalue weighted by molar-refractivity contribution is 0.458. The molecule has 0 bridgehead atoms. The van der Waals surface area contributed by atoms with E-state index in [0.29, 0.717) is 12.3 Å². The Hall–Kier alpha value is -1.16. The highest BCUT2D eigenvalue weighted by atomic mass is 28.2. The van der Waals surface area contributed by atoms with Crippen LogP contribution in [0.25, 0.3) is 0 Å². The molecule has 1 aromatic rings. The number of unbranched alkanes of at least 4 members (excludes halogenated alkanes) is 3. The highest BCUT2D eigenvalue weighted by Gasteiger charge is 2.11. The zero-order valence-corrected chi connectivity index (χ0v) is 12.9. The molecule has 103 valence electrons. The maximum atomic E-state index is 10.4. The van der Waals surface area contributed by atoms with Gasteiger partial charge >= 0.3 is 0 Å². The molecule has 0 atom stereocenters. The van der Waals surface area contributed by atoms with Gasteiger partial charge in [-0.15, -0.1) is 0 Å². The van der Waals surface area contributed by atoms with Crippen molar-refractivity contribution in [3.05, 3.63) is 28.8 Å². The number of hydrogen-bond donors (Lipinski definition) is 1. The average Bonchev–Trinajstić information content (AvgIpc) is 2.43. The molecule has 0 aliphatic carbocycles. The summed E-state index contributed by atoms with van der Waals surface area (Å²) in [5.74, 6) is 0.412. The van der Waals surface area contributed by atoms with Gasteiger partial charge in [0.25, 0.3) is 10.4 Å². The van der Waals surface area contributed by atoms with E-state index in [9.17, 15) is 5.11 Å². The molecule has 3 nitrogen and oxygen atoms in total. The second-order valence-electron chi connectivity index (χ2n) is 4.77. The van der Waals surface area contributed by atoms with Crippen molar-refractivity contribution in [3.63, 3.8) is 0 Å². The first kappa shape index (κ1) is 15.9. The van der Waals surface area contributed by atoms with Crippen molar-refractivity contribution < 1.29 is 5.11 Å². The second-order valence-corrected chi connectivity index (χ2v) is 4.97. The fourth-order valence-corrected chi connectivity index (χ4v) is 2.38. The Kier molecular flexibility index (Phi) is 7.41. The van der Waals surface area contributed by atoms with Gasteiger partial charge in [-0.2, -0.15) is 0 Å². The summed E-state index contributed by atoms with van der Waals surface area (Å²) in [6.07, 6.45) is 6.77. The van der Waals surface area contributed by atoms with Crippen LogP contribution in [0.2, 0.25) is 0 Å². The summed E-state index contributed by atoms with van der Waals surface area (Å²) in [5, 5.41) is 14.3. The van der Waals surface area contributed by atoms with E-state index in [0.717, 1.165) is 30.4 Å². The van der Waals surface area contributed by atoms with Crippen molar-refractivity contribution in [2.45, 2.75) is 58.9 Å². The number of rotatable bonds is 8. The predicted octanol–water partition coefficient (Wildman–Crippen LogP) is 4.11. The third-order valence-electron chi connectivity index (χ3n) is 3.44. The smallest absolute Gasteiger partial charge is 0.254 e. The minimum absolute atomic E-state index is 0.412. The van der Waals surface area contributed by atoms with Crippen LogP contribution in [-0.2, 0) is 19.4 Å². The van der Waals surface area contributed by atoms with E-state index in [1.807, 2.05) is 6.07 Å². The van der Waals surface area contributed by atoms with Crippen molar-refractivity contribution in [2.75, 3.05) is 0 Å². The number of hydrogen-bond acceptors (Lipinski definition) is 3. The van der Waals surface area contributed by atoms with Crippen LogP contribution in [0.1, 0.15) is 56.2 Å². The Morgan fingerprint density at radius 2 is 1.84 bits per heavy atom. The Morgan fingerprint density at radius 1 is 1.11 bits per heavy atom. The Labute approximate surface area is 119 Å². The standard InChI is InChI=1S/C15H23N2OSi/c1-3-5-6-7-8-14-12(4-2)9-10-13(15(14)18)11-16-17-19/h9-10,18H,3-8,11H2,1-2H3. The van der Waals surface area contributed by atoms with Crippen molar-refractivity contribution in [3.8, 4) is 5.75 Å². The predicted molar refractivity (Wildman–Crippen MR) is 79.6 cm³/mol. The van der Waals surface area contributed by atoms with Gasteiger partial charge in [-0.25, -0.2) is 9.89 Å². The maximum absolute atomic E-state index is 10.4. The Bertz CT molecular complexity index is 419. The number of nitrogens with zero attached hydrogens (tertiary/aromatic N) is 2. The first-order valence-corrected chi connectivity index (χ1v) is 7.55. The molecular weight excluding hydrogens is 252 g/mol. The van der Waals surface area contributed by atoms with Crippen LogP contribution < -0.4 is 0 Å². The van der Waals surface area contributed by atoms with Crippen LogP contribution in [0.3, 0.4) is 0 Å². The molecule has 0 spiro atoms. The molecule has 0 saturated heterocycles.